The molecule has 2 heterocycles. The molecular formula is C21H38N4O4. The molecule has 1 amide bonds. The molecule has 2 fully saturated rings. The Morgan fingerprint density at radius 2 is 1.62 bits per heavy atom. The van der Waals surface area contributed by atoms with E-state index in [9.17, 15) is 9.59 Å². The molecule has 0 aromatic carbocycles. The molecule has 0 spiro atoms. The van der Waals surface area contributed by atoms with Gasteiger partial charge in [0.1, 0.15) is 5.60 Å². The number of ether oxygens (including phenoxy) is 2. The number of guanidine groups is 1. The predicted molar refractivity (Wildman–Crippen MR) is 113 cm³/mol. The van der Waals surface area contributed by atoms with Gasteiger partial charge in [-0.3, -0.25) is 9.79 Å². The van der Waals surface area contributed by atoms with E-state index >= 15 is 0 Å². The summed E-state index contributed by atoms with van der Waals surface area (Å²) >= 11 is 0. The van der Waals surface area contributed by atoms with E-state index in [0.717, 1.165) is 64.4 Å². The molecule has 0 aromatic rings. The zero-order chi connectivity index (χ0) is 21.4. The Balaban J connectivity index is 1.72. The fourth-order valence-electron chi connectivity index (χ4n) is 3.80. The summed E-state index contributed by atoms with van der Waals surface area (Å²) in [6.07, 6.45) is 3.29. The van der Waals surface area contributed by atoms with Crippen molar-refractivity contribution in [2.75, 3.05) is 46.4 Å². The molecule has 0 unspecified atom stereocenters. The third-order valence-corrected chi connectivity index (χ3v) is 5.44. The summed E-state index contributed by atoms with van der Waals surface area (Å²) in [6.45, 7) is 11.9. The van der Waals surface area contributed by atoms with Gasteiger partial charge in [-0.15, -0.1) is 0 Å². The molecule has 2 saturated heterocycles. The Labute approximate surface area is 175 Å². The highest BCUT2D eigenvalue weighted by Gasteiger charge is 2.29. The zero-order valence-corrected chi connectivity index (χ0v) is 18.7. The minimum absolute atomic E-state index is 0.00138. The maximum Gasteiger partial charge on any atom is 0.410 e. The van der Waals surface area contributed by atoms with E-state index in [-0.39, 0.29) is 18.0 Å². The first-order chi connectivity index (χ1) is 13.7. The minimum Gasteiger partial charge on any atom is -0.466 e. The maximum absolute atomic E-state index is 12.2. The number of hydrogen-bond donors (Lipinski definition) is 1. The number of carbonyl (C=O) groups is 2. The number of hydrogen-bond acceptors (Lipinski definition) is 5. The predicted octanol–water partition coefficient (Wildman–Crippen LogP) is 2.48. The third-order valence-electron chi connectivity index (χ3n) is 5.44. The second kappa shape index (κ2) is 10.7. The van der Waals surface area contributed by atoms with Crippen molar-refractivity contribution >= 4 is 18.0 Å². The highest BCUT2D eigenvalue weighted by molar-refractivity contribution is 5.80. The lowest BCUT2D eigenvalue weighted by Crippen LogP contribution is -2.49. The van der Waals surface area contributed by atoms with Gasteiger partial charge in [0.2, 0.25) is 0 Å². The van der Waals surface area contributed by atoms with Gasteiger partial charge in [0, 0.05) is 39.8 Å². The monoisotopic (exact) mass is 410 g/mol. The molecule has 2 aliphatic heterocycles. The average molecular weight is 411 g/mol. The van der Waals surface area contributed by atoms with Crippen LogP contribution in [0.1, 0.15) is 53.4 Å². The SMILES string of the molecule is CCOC(=O)C1CCN(C(=NC)NCC2CCN(C(=O)OC(C)(C)C)CC2)CC1. The van der Waals surface area contributed by atoms with Crippen LogP contribution in [0, 0.1) is 11.8 Å². The number of likely N-dealkylation sites (tertiary alicyclic amines) is 2. The van der Waals surface area contributed by atoms with Crippen LogP contribution in [0.4, 0.5) is 4.79 Å². The molecular weight excluding hydrogens is 372 g/mol. The fourth-order valence-corrected chi connectivity index (χ4v) is 3.80. The van der Waals surface area contributed by atoms with Gasteiger partial charge >= 0.3 is 12.1 Å². The van der Waals surface area contributed by atoms with E-state index in [1.165, 1.54) is 0 Å². The Morgan fingerprint density at radius 1 is 1.03 bits per heavy atom. The van der Waals surface area contributed by atoms with Crippen molar-refractivity contribution in [1.82, 2.24) is 15.1 Å². The molecule has 8 nitrogen and oxygen atoms in total. The van der Waals surface area contributed by atoms with Gasteiger partial charge in [-0.25, -0.2) is 4.79 Å². The molecule has 8 heteroatoms. The van der Waals surface area contributed by atoms with Gasteiger partial charge in [0.25, 0.3) is 0 Å². The number of aliphatic imine (C=N–C) groups is 1. The van der Waals surface area contributed by atoms with Crippen molar-refractivity contribution < 1.29 is 19.1 Å². The standard InChI is InChI=1S/C21H38N4O4/c1-6-28-18(26)17-9-13-24(14-10-17)19(22-5)23-15-16-7-11-25(12-8-16)20(27)29-21(2,3)4/h16-17H,6-15H2,1-5H3,(H,22,23). The summed E-state index contributed by atoms with van der Waals surface area (Å²) in [4.78, 5) is 32.5. The van der Waals surface area contributed by atoms with Crippen molar-refractivity contribution in [3.63, 3.8) is 0 Å². The van der Waals surface area contributed by atoms with Crippen LogP contribution in [0.15, 0.2) is 4.99 Å². The molecule has 0 radical (unpaired) electrons. The summed E-state index contributed by atoms with van der Waals surface area (Å²) in [5.41, 5.74) is -0.456. The lowest BCUT2D eigenvalue weighted by Gasteiger charge is -2.36. The van der Waals surface area contributed by atoms with Crippen LogP contribution in [0.3, 0.4) is 0 Å². The zero-order valence-electron chi connectivity index (χ0n) is 18.7. The number of nitrogens with one attached hydrogen (secondary N) is 1. The Hall–Kier alpha value is -1.99. The van der Waals surface area contributed by atoms with Gasteiger partial charge in [0.05, 0.1) is 12.5 Å². The first-order valence-corrected chi connectivity index (χ1v) is 10.8. The van der Waals surface area contributed by atoms with E-state index in [0.29, 0.717) is 12.5 Å². The topological polar surface area (TPSA) is 83.5 Å². The average Bonchev–Trinajstić information content (AvgIpc) is 2.68. The van der Waals surface area contributed by atoms with E-state index in [4.69, 9.17) is 9.47 Å². The van der Waals surface area contributed by atoms with Crippen LogP contribution >= 0.6 is 0 Å². The van der Waals surface area contributed by atoms with Crippen LogP contribution in [0.25, 0.3) is 0 Å². The lowest BCUT2D eigenvalue weighted by atomic mass is 9.96. The molecule has 1 N–H and O–H groups in total. The molecule has 2 rings (SSSR count). The molecule has 0 saturated carbocycles. The van der Waals surface area contributed by atoms with Crippen LogP contribution in [0.5, 0.6) is 0 Å². The highest BCUT2D eigenvalue weighted by atomic mass is 16.6. The van der Waals surface area contributed by atoms with Gasteiger partial charge in [0.15, 0.2) is 5.96 Å². The summed E-state index contributed by atoms with van der Waals surface area (Å²) in [7, 11) is 1.80. The Bertz CT molecular complexity index is 572. The van der Waals surface area contributed by atoms with Gasteiger partial charge in [-0.2, -0.15) is 0 Å². The number of carbonyl (C=O) groups excluding carboxylic acids is 2. The van der Waals surface area contributed by atoms with Crippen molar-refractivity contribution in [3.8, 4) is 0 Å². The fraction of sp³-hybridized carbons (Fsp3) is 0.857. The van der Waals surface area contributed by atoms with Gasteiger partial charge in [-0.1, -0.05) is 0 Å². The molecule has 0 bridgehead atoms. The van der Waals surface area contributed by atoms with Crippen LogP contribution in [-0.4, -0.2) is 79.8 Å². The Morgan fingerprint density at radius 3 is 2.14 bits per heavy atom. The molecule has 0 atom stereocenters. The second-order valence-corrected chi connectivity index (χ2v) is 8.85. The highest BCUT2D eigenvalue weighted by Crippen LogP contribution is 2.21. The van der Waals surface area contributed by atoms with Crippen molar-refractivity contribution in [3.05, 3.63) is 0 Å². The second-order valence-electron chi connectivity index (χ2n) is 8.85. The van der Waals surface area contributed by atoms with Gasteiger partial charge < -0.3 is 24.6 Å². The van der Waals surface area contributed by atoms with Crippen molar-refractivity contribution in [1.29, 1.82) is 0 Å². The summed E-state index contributed by atoms with van der Waals surface area (Å²) in [5, 5.41) is 3.49. The Kier molecular flexibility index (Phi) is 8.59. The van der Waals surface area contributed by atoms with Crippen molar-refractivity contribution in [2.24, 2.45) is 16.8 Å². The number of amides is 1. The van der Waals surface area contributed by atoms with Crippen molar-refractivity contribution in [2.45, 2.75) is 59.0 Å². The van der Waals surface area contributed by atoms with E-state index < -0.39 is 5.60 Å². The summed E-state index contributed by atoms with van der Waals surface area (Å²) in [6, 6.07) is 0. The smallest absolute Gasteiger partial charge is 0.410 e. The molecule has 0 aromatic heterocycles. The number of esters is 1. The van der Waals surface area contributed by atoms with E-state index in [2.05, 4.69) is 15.2 Å². The van der Waals surface area contributed by atoms with E-state index in [1.54, 1.807) is 11.9 Å². The summed E-state index contributed by atoms with van der Waals surface area (Å²) in [5.74, 6) is 1.32. The van der Waals surface area contributed by atoms with Crippen LogP contribution < -0.4 is 5.32 Å². The quantitative estimate of drug-likeness (QED) is 0.436. The van der Waals surface area contributed by atoms with E-state index in [1.807, 2.05) is 27.7 Å². The normalized spacial score (nSPS) is 19.8. The lowest BCUT2D eigenvalue weighted by molar-refractivity contribution is -0.149. The first kappa shape index (κ1) is 23.3. The molecule has 0 aliphatic carbocycles. The third kappa shape index (κ3) is 7.40. The number of piperidine rings is 2. The summed E-state index contributed by atoms with van der Waals surface area (Å²) < 4.78 is 10.6. The molecule has 166 valence electrons. The largest absolute Gasteiger partial charge is 0.466 e. The van der Waals surface area contributed by atoms with Gasteiger partial charge in [-0.05, 0) is 59.3 Å². The molecule has 2 aliphatic rings. The van der Waals surface area contributed by atoms with Crippen LogP contribution in [-0.2, 0) is 14.3 Å². The number of rotatable bonds is 4. The maximum atomic E-state index is 12.2. The minimum atomic E-state index is -0.456. The number of nitrogens with zero attached hydrogens (tertiary/aromatic N) is 3. The molecule has 29 heavy (non-hydrogen) atoms. The van der Waals surface area contributed by atoms with Crippen LogP contribution in [0.2, 0.25) is 0 Å². The first-order valence-electron chi connectivity index (χ1n) is 10.8.